The Morgan fingerprint density at radius 2 is 1.78 bits per heavy atom. The monoisotopic (exact) mass is 527 g/mol. The number of carbonyl (C=O) groups excluding carboxylic acids is 1. The van der Waals surface area contributed by atoms with Gasteiger partial charge >= 0.3 is 21.6 Å². The third-order valence-corrected chi connectivity index (χ3v) is 5.72. The maximum atomic E-state index is 12.8. The number of alkyl halides is 3. The van der Waals surface area contributed by atoms with Gasteiger partial charge in [-0.2, -0.15) is 26.6 Å². The molecule has 0 aliphatic heterocycles. The summed E-state index contributed by atoms with van der Waals surface area (Å²) in [6, 6.07) is 8.07. The van der Waals surface area contributed by atoms with Crippen LogP contribution in [0.3, 0.4) is 0 Å². The Morgan fingerprint density at radius 1 is 1.14 bits per heavy atom. The average molecular weight is 528 g/mol. The van der Waals surface area contributed by atoms with Crippen molar-refractivity contribution in [3.63, 3.8) is 0 Å². The molecule has 1 unspecified atom stereocenters. The van der Waals surface area contributed by atoms with Gasteiger partial charge in [-0.25, -0.2) is 4.79 Å². The number of hydrogen-bond acceptors (Lipinski definition) is 8. The lowest BCUT2D eigenvalue weighted by Crippen LogP contribution is -2.29. The Hall–Kier alpha value is -3.61. The molecule has 13 heteroatoms. The number of para-hydroxylation sites is 1. The van der Waals surface area contributed by atoms with E-state index in [1.807, 2.05) is 0 Å². The predicted molar refractivity (Wildman–Crippen MR) is 125 cm³/mol. The Kier molecular flexibility index (Phi) is 7.08. The molecular weight excluding hydrogens is 503 g/mol. The SMILES string of the molecule is Cc1cc(C(C)Nc2ccccc2C(=O)OC(C)(C)C)c2nc(OS(=O)(=O)C(F)(F)F)cc(=O)n2c1. The van der Waals surface area contributed by atoms with Gasteiger partial charge < -0.3 is 14.2 Å². The van der Waals surface area contributed by atoms with E-state index in [0.717, 1.165) is 4.40 Å². The lowest BCUT2D eigenvalue weighted by atomic mass is 10.1. The van der Waals surface area contributed by atoms with Crippen LogP contribution in [0.4, 0.5) is 18.9 Å². The van der Waals surface area contributed by atoms with E-state index in [1.165, 1.54) is 6.20 Å². The van der Waals surface area contributed by atoms with Crippen molar-refractivity contribution in [3.8, 4) is 5.88 Å². The highest BCUT2D eigenvalue weighted by Gasteiger charge is 2.49. The number of hydrogen-bond donors (Lipinski definition) is 1. The summed E-state index contributed by atoms with van der Waals surface area (Å²) in [7, 11) is -6.03. The van der Waals surface area contributed by atoms with Crippen LogP contribution in [-0.4, -0.2) is 34.9 Å². The van der Waals surface area contributed by atoms with Crippen molar-refractivity contribution >= 4 is 27.4 Å². The maximum absolute atomic E-state index is 12.8. The fourth-order valence-corrected chi connectivity index (χ4v) is 3.71. The Morgan fingerprint density at radius 3 is 2.39 bits per heavy atom. The Bertz CT molecular complexity index is 1480. The molecule has 9 nitrogen and oxygen atoms in total. The van der Waals surface area contributed by atoms with Gasteiger partial charge in [0.25, 0.3) is 5.56 Å². The van der Waals surface area contributed by atoms with Crippen LogP contribution in [0.1, 0.15) is 55.2 Å². The smallest absolute Gasteiger partial charge is 0.456 e. The molecule has 3 rings (SSSR count). The van der Waals surface area contributed by atoms with Crippen molar-refractivity contribution in [2.75, 3.05) is 5.32 Å². The van der Waals surface area contributed by atoms with Crippen LogP contribution < -0.4 is 15.1 Å². The van der Waals surface area contributed by atoms with E-state index in [1.54, 1.807) is 65.0 Å². The number of halogens is 3. The van der Waals surface area contributed by atoms with Crippen molar-refractivity contribution in [1.82, 2.24) is 9.38 Å². The molecule has 2 heterocycles. The fourth-order valence-electron chi connectivity index (χ4n) is 3.30. The van der Waals surface area contributed by atoms with E-state index in [2.05, 4.69) is 14.5 Å². The topological polar surface area (TPSA) is 116 Å². The molecule has 0 fully saturated rings. The molecule has 0 aliphatic carbocycles. The molecule has 0 saturated carbocycles. The number of aromatic nitrogens is 2. The molecule has 0 bridgehead atoms. The number of fused-ring (bicyclic) bond motifs is 1. The van der Waals surface area contributed by atoms with Crippen LogP contribution in [0.15, 0.2) is 47.4 Å². The van der Waals surface area contributed by atoms with Crippen molar-refractivity contribution in [2.45, 2.75) is 51.8 Å². The first-order valence-electron chi connectivity index (χ1n) is 10.6. The minimum Gasteiger partial charge on any atom is -0.456 e. The van der Waals surface area contributed by atoms with Crippen LogP contribution in [0.5, 0.6) is 5.88 Å². The quantitative estimate of drug-likeness (QED) is 0.286. The van der Waals surface area contributed by atoms with Gasteiger partial charge in [-0.15, -0.1) is 0 Å². The van der Waals surface area contributed by atoms with Gasteiger partial charge in [0.2, 0.25) is 5.88 Å². The van der Waals surface area contributed by atoms with Gasteiger partial charge in [0.05, 0.1) is 17.7 Å². The van der Waals surface area contributed by atoms with Crippen LogP contribution in [0.25, 0.3) is 5.65 Å². The minimum absolute atomic E-state index is 0.129. The molecule has 1 atom stereocenters. The van der Waals surface area contributed by atoms with Crippen LogP contribution in [0.2, 0.25) is 0 Å². The summed E-state index contributed by atoms with van der Waals surface area (Å²) in [4.78, 5) is 29.1. The first-order chi connectivity index (χ1) is 16.5. The first-order valence-corrected chi connectivity index (χ1v) is 12.0. The summed E-state index contributed by atoms with van der Waals surface area (Å²) in [5.41, 5.74) is -5.83. The number of benzene rings is 1. The minimum atomic E-state index is -6.03. The molecule has 194 valence electrons. The van der Waals surface area contributed by atoms with Crippen molar-refractivity contribution in [3.05, 3.63) is 69.6 Å². The standard InChI is InChI=1S/C23H24F3N3O6S/c1-13-10-16(14(2)27-17-9-7-6-8-15(17)21(31)34-22(3,4)5)20-28-18(11-19(30)29(20)12-13)35-36(32,33)23(24,25)26/h6-12,14,27H,1-5H3. The highest BCUT2D eigenvalue weighted by atomic mass is 32.2. The molecule has 36 heavy (non-hydrogen) atoms. The van der Waals surface area contributed by atoms with Crippen LogP contribution in [-0.2, 0) is 14.9 Å². The number of carbonyl (C=O) groups is 1. The molecule has 1 N–H and O–H groups in total. The lowest BCUT2D eigenvalue weighted by molar-refractivity contribution is -0.0501. The lowest BCUT2D eigenvalue weighted by Gasteiger charge is -2.23. The molecule has 0 spiro atoms. The van der Waals surface area contributed by atoms with E-state index < -0.39 is 44.7 Å². The van der Waals surface area contributed by atoms with E-state index in [0.29, 0.717) is 22.9 Å². The van der Waals surface area contributed by atoms with E-state index >= 15 is 0 Å². The fraction of sp³-hybridized carbons (Fsp3) is 0.348. The molecule has 1 aromatic carbocycles. The average Bonchev–Trinajstić information content (AvgIpc) is 2.72. The molecule has 0 amide bonds. The van der Waals surface area contributed by atoms with Crippen LogP contribution >= 0.6 is 0 Å². The first kappa shape index (κ1) is 27.0. The third-order valence-electron chi connectivity index (χ3n) is 4.77. The number of nitrogens with one attached hydrogen (secondary N) is 1. The summed E-state index contributed by atoms with van der Waals surface area (Å²) in [6.45, 7) is 8.54. The largest absolute Gasteiger partial charge is 0.534 e. The molecule has 3 aromatic rings. The third kappa shape index (κ3) is 5.96. The van der Waals surface area contributed by atoms with Crippen molar-refractivity contribution in [2.24, 2.45) is 0 Å². The van der Waals surface area contributed by atoms with E-state index in [9.17, 15) is 31.2 Å². The van der Waals surface area contributed by atoms with Crippen LogP contribution in [0, 0.1) is 6.92 Å². The summed E-state index contributed by atoms with van der Waals surface area (Å²) in [5.74, 6) is -1.60. The van der Waals surface area contributed by atoms with Gasteiger partial charge in [-0.1, -0.05) is 12.1 Å². The number of anilines is 1. The van der Waals surface area contributed by atoms with E-state index in [-0.39, 0.29) is 11.2 Å². The zero-order valence-electron chi connectivity index (χ0n) is 20.0. The second-order valence-electron chi connectivity index (χ2n) is 9.00. The molecule has 2 aromatic heterocycles. The molecule has 0 saturated heterocycles. The van der Waals surface area contributed by atoms with Gasteiger partial charge in [-0.3, -0.25) is 9.20 Å². The normalized spacial score (nSPS) is 13.3. The summed E-state index contributed by atoms with van der Waals surface area (Å²) in [5, 5.41) is 3.13. The summed E-state index contributed by atoms with van der Waals surface area (Å²) in [6.07, 6.45) is 1.40. The predicted octanol–water partition coefficient (Wildman–Crippen LogP) is 4.36. The molecular formula is C23H24F3N3O6S. The van der Waals surface area contributed by atoms with Gasteiger partial charge in [0.15, 0.2) is 0 Å². The number of nitrogens with zero attached hydrogens (tertiary/aromatic N) is 2. The van der Waals surface area contributed by atoms with E-state index in [4.69, 9.17) is 4.74 Å². The number of rotatable bonds is 6. The Labute approximate surface area is 205 Å². The van der Waals surface area contributed by atoms with Crippen molar-refractivity contribution in [1.29, 1.82) is 0 Å². The summed E-state index contributed by atoms with van der Waals surface area (Å²) < 4.78 is 71.8. The highest BCUT2D eigenvalue weighted by Crippen LogP contribution is 2.29. The van der Waals surface area contributed by atoms with Gasteiger partial charge in [0, 0.05) is 17.4 Å². The molecule has 0 radical (unpaired) electrons. The summed E-state index contributed by atoms with van der Waals surface area (Å²) >= 11 is 0. The number of esters is 1. The number of pyridine rings is 1. The zero-order chi connectivity index (χ0) is 27.1. The highest BCUT2D eigenvalue weighted by molar-refractivity contribution is 7.87. The molecule has 0 aliphatic rings. The van der Waals surface area contributed by atoms with Gasteiger partial charge in [-0.05, 0) is 58.4 Å². The number of aryl methyl sites for hydroxylation is 1. The number of ether oxygens (including phenoxy) is 1. The second-order valence-corrected chi connectivity index (χ2v) is 10.5. The zero-order valence-corrected chi connectivity index (χ0v) is 20.8. The van der Waals surface area contributed by atoms with Crippen molar-refractivity contribution < 1.29 is 35.3 Å². The Balaban J connectivity index is 2.06. The second kappa shape index (κ2) is 9.45. The van der Waals surface area contributed by atoms with Gasteiger partial charge in [0.1, 0.15) is 11.2 Å². The maximum Gasteiger partial charge on any atom is 0.534 e.